The van der Waals surface area contributed by atoms with Gasteiger partial charge in [0.1, 0.15) is 0 Å². The molecule has 1 saturated heterocycles. The fourth-order valence-electron chi connectivity index (χ4n) is 0.910. The van der Waals surface area contributed by atoms with E-state index in [0.717, 1.165) is 0 Å². The Morgan fingerprint density at radius 1 is 1.00 bits per heavy atom. The van der Waals surface area contributed by atoms with E-state index in [-0.39, 0.29) is 12.2 Å². The lowest BCUT2D eigenvalue weighted by molar-refractivity contribution is 0.170. The largest absolute Gasteiger partial charge is 0.298 e. The fourth-order valence-corrected chi connectivity index (χ4v) is 0.910. The van der Waals surface area contributed by atoms with Gasteiger partial charge in [0.25, 0.3) is 11.7 Å². The van der Waals surface area contributed by atoms with E-state index in [2.05, 4.69) is 4.74 Å². The summed E-state index contributed by atoms with van der Waals surface area (Å²) in [6.07, 6.45) is 0.282. The molecule has 1 nitrogen and oxygen atoms in total. The van der Waals surface area contributed by atoms with E-state index in [4.69, 9.17) is 0 Å². The van der Waals surface area contributed by atoms with Crippen molar-refractivity contribution in [3.8, 4) is 0 Å². The Hall–Kier alpha value is -0.840. The van der Waals surface area contributed by atoms with Gasteiger partial charge in [0.2, 0.25) is 0 Å². The topological polar surface area (TPSA) is 12.5 Å². The molecule has 0 bridgehead atoms. The molecule has 0 aromatic heterocycles. The third kappa shape index (κ3) is 0.686. The van der Waals surface area contributed by atoms with Gasteiger partial charge in [0.15, 0.2) is 11.7 Å². The average Bonchev–Trinajstić information content (AvgIpc) is 2.33. The first kappa shape index (κ1) is 6.84. The second-order valence-corrected chi connectivity index (χ2v) is 2.38. The lowest BCUT2D eigenvalue weighted by atomic mass is 10.1. The zero-order valence-electron chi connectivity index (χ0n) is 5.07. The molecule has 0 aromatic carbocycles. The van der Waals surface area contributed by atoms with Gasteiger partial charge in [-0.15, -0.1) is 0 Å². The van der Waals surface area contributed by atoms with Gasteiger partial charge < -0.3 is 0 Å². The maximum Gasteiger partial charge on any atom is 0.298 e. The van der Waals surface area contributed by atoms with Gasteiger partial charge in [-0.1, -0.05) is 0 Å². The van der Waals surface area contributed by atoms with Crippen molar-refractivity contribution in [1.29, 1.82) is 0 Å². The van der Waals surface area contributed by atoms with Crippen LogP contribution in [-0.2, 0) is 4.74 Å². The molecule has 2 aliphatic rings. The summed E-state index contributed by atoms with van der Waals surface area (Å²) in [6, 6.07) is 0. The molecular formula is C6H2F4O. The molecule has 11 heavy (non-hydrogen) atoms. The number of fused-ring (bicyclic) bond motifs is 1. The molecule has 1 aliphatic carbocycles. The van der Waals surface area contributed by atoms with Crippen molar-refractivity contribution in [1.82, 2.24) is 0 Å². The van der Waals surface area contributed by atoms with Gasteiger partial charge >= 0.3 is 0 Å². The van der Waals surface area contributed by atoms with Crippen LogP contribution in [0.1, 0.15) is 0 Å². The highest BCUT2D eigenvalue weighted by Gasteiger charge is 2.74. The Balaban J connectivity index is 2.44. The normalized spacial score (nSPS) is 47.6. The number of ether oxygens (including phenoxy) is 1. The highest BCUT2D eigenvalue weighted by Crippen LogP contribution is 2.56. The van der Waals surface area contributed by atoms with Crippen LogP contribution in [-0.4, -0.2) is 11.7 Å². The molecule has 5 heteroatoms. The number of hydrogen-bond donors (Lipinski definition) is 0. The van der Waals surface area contributed by atoms with Gasteiger partial charge in [0.05, 0.1) is 0 Å². The van der Waals surface area contributed by atoms with Crippen LogP contribution >= 0.6 is 0 Å². The number of rotatable bonds is 0. The highest BCUT2D eigenvalue weighted by atomic mass is 19.2. The Kier molecular flexibility index (Phi) is 0.934. The number of halogens is 4. The van der Waals surface area contributed by atoms with Gasteiger partial charge in [-0.25, -0.2) is 17.6 Å². The van der Waals surface area contributed by atoms with Gasteiger partial charge in [-0.3, -0.25) is 4.74 Å². The number of alkyl halides is 2. The van der Waals surface area contributed by atoms with Crippen LogP contribution in [0.15, 0.2) is 23.8 Å². The van der Waals surface area contributed by atoms with E-state index in [1.807, 2.05) is 0 Å². The van der Waals surface area contributed by atoms with Crippen LogP contribution < -0.4 is 0 Å². The van der Waals surface area contributed by atoms with E-state index in [9.17, 15) is 17.6 Å². The minimum atomic E-state index is -2.79. The fraction of sp³-hybridized carbons (Fsp3) is 0.333. The zero-order chi connectivity index (χ0) is 8.28. The van der Waals surface area contributed by atoms with Crippen LogP contribution in [0.4, 0.5) is 17.6 Å². The molecular weight excluding hydrogens is 164 g/mol. The van der Waals surface area contributed by atoms with Crippen LogP contribution in [0, 0.1) is 0 Å². The van der Waals surface area contributed by atoms with Crippen molar-refractivity contribution < 1.29 is 22.3 Å². The van der Waals surface area contributed by atoms with Crippen molar-refractivity contribution in [3.63, 3.8) is 0 Å². The van der Waals surface area contributed by atoms with Crippen molar-refractivity contribution in [2.24, 2.45) is 0 Å². The van der Waals surface area contributed by atoms with E-state index in [1.165, 1.54) is 0 Å². The van der Waals surface area contributed by atoms with Gasteiger partial charge in [-0.2, -0.15) is 0 Å². The maximum atomic E-state index is 12.6. The zero-order valence-corrected chi connectivity index (χ0v) is 5.07. The summed E-state index contributed by atoms with van der Waals surface area (Å²) in [5.74, 6) is -8.43. The minimum Gasteiger partial charge on any atom is -0.292 e. The Morgan fingerprint density at radius 3 is 1.73 bits per heavy atom. The third-order valence-electron chi connectivity index (χ3n) is 1.57. The first-order chi connectivity index (χ1) is 4.97. The standard InChI is InChI=1S/C6H2F4O/c7-3-1-5(9)6(10,11-5)2-4(3)8/h1-2H. The molecule has 1 fully saturated rings. The lowest BCUT2D eigenvalue weighted by Gasteiger charge is -2.03. The van der Waals surface area contributed by atoms with Crippen LogP contribution in [0.25, 0.3) is 0 Å². The van der Waals surface area contributed by atoms with E-state index >= 15 is 0 Å². The second kappa shape index (κ2) is 1.50. The first-order valence-corrected chi connectivity index (χ1v) is 2.82. The van der Waals surface area contributed by atoms with Crippen LogP contribution in [0.3, 0.4) is 0 Å². The molecule has 1 aliphatic heterocycles. The second-order valence-electron chi connectivity index (χ2n) is 2.38. The Morgan fingerprint density at radius 2 is 1.36 bits per heavy atom. The van der Waals surface area contributed by atoms with Crippen LogP contribution in [0.2, 0.25) is 0 Å². The molecule has 0 amide bonds. The Bertz CT molecular complexity index is 256. The average molecular weight is 166 g/mol. The predicted octanol–water partition coefficient (Wildman–Crippen LogP) is 2.07. The molecule has 0 N–H and O–H groups in total. The SMILES string of the molecule is FC1=CC2(F)OC2(F)C=C1F. The predicted molar refractivity (Wildman–Crippen MR) is 27.1 cm³/mol. The highest BCUT2D eigenvalue weighted by molar-refractivity contribution is 5.38. The van der Waals surface area contributed by atoms with E-state index in [0.29, 0.717) is 0 Å². The first-order valence-electron chi connectivity index (χ1n) is 2.82. The summed E-state index contributed by atoms with van der Waals surface area (Å²) in [5.41, 5.74) is 0. The molecule has 2 rings (SSSR count). The molecule has 0 radical (unpaired) electrons. The number of allylic oxidation sites excluding steroid dienone is 2. The van der Waals surface area contributed by atoms with Crippen molar-refractivity contribution in [3.05, 3.63) is 23.8 Å². The van der Waals surface area contributed by atoms with Crippen molar-refractivity contribution >= 4 is 0 Å². The van der Waals surface area contributed by atoms with E-state index in [1.54, 1.807) is 0 Å². The molecule has 0 spiro atoms. The summed E-state index contributed by atoms with van der Waals surface area (Å²) in [7, 11) is 0. The molecule has 1 heterocycles. The smallest absolute Gasteiger partial charge is 0.292 e. The number of epoxide rings is 1. The minimum absolute atomic E-state index is 0.141. The monoisotopic (exact) mass is 166 g/mol. The summed E-state index contributed by atoms with van der Waals surface area (Å²) >= 11 is 0. The van der Waals surface area contributed by atoms with Gasteiger partial charge in [-0.05, 0) is 0 Å². The molecule has 2 atom stereocenters. The summed E-state index contributed by atoms with van der Waals surface area (Å²) in [6.45, 7) is 0. The quantitative estimate of drug-likeness (QED) is 0.396. The molecule has 60 valence electrons. The van der Waals surface area contributed by atoms with E-state index < -0.39 is 23.4 Å². The molecule has 0 saturated carbocycles. The van der Waals surface area contributed by atoms with Crippen molar-refractivity contribution in [2.75, 3.05) is 0 Å². The third-order valence-corrected chi connectivity index (χ3v) is 1.57. The van der Waals surface area contributed by atoms with Crippen LogP contribution in [0.5, 0.6) is 0 Å². The molecule has 0 aromatic rings. The summed E-state index contributed by atoms with van der Waals surface area (Å²) in [4.78, 5) is 0. The van der Waals surface area contributed by atoms with Gasteiger partial charge in [0, 0.05) is 12.2 Å². The van der Waals surface area contributed by atoms with Crippen molar-refractivity contribution in [2.45, 2.75) is 11.7 Å². The Labute approximate surface area is 58.9 Å². The summed E-state index contributed by atoms with van der Waals surface area (Å²) in [5, 5.41) is 0. The number of hydrogen-bond acceptors (Lipinski definition) is 1. The maximum absolute atomic E-state index is 12.6. The lowest BCUT2D eigenvalue weighted by Crippen LogP contribution is -2.16. The summed E-state index contributed by atoms with van der Waals surface area (Å²) < 4.78 is 53.5. The molecule has 2 unspecified atom stereocenters.